The largest absolute Gasteiger partial charge is 0.397 e. The number of aromatic nitrogens is 1. The summed E-state index contributed by atoms with van der Waals surface area (Å²) in [5, 5.41) is 0. The molecule has 0 spiro atoms. The van der Waals surface area contributed by atoms with Crippen LogP contribution in [0.2, 0.25) is 0 Å². The smallest absolute Gasteiger partial charge is 0.265 e. The number of pyridine rings is 1. The lowest BCUT2D eigenvalue weighted by Crippen LogP contribution is -2.43. The Hall–Kier alpha value is -0.850. The normalized spacial score (nSPS) is 21.2. The van der Waals surface area contributed by atoms with Crippen LogP contribution < -0.4 is 11.3 Å². The highest BCUT2D eigenvalue weighted by Gasteiger charge is 2.19. The van der Waals surface area contributed by atoms with E-state index in [1.807, 2.05) is 6.92 Å². The number of hydrogen-bond acceptors (Lipinski definition) is 4. The Bertz CT molecular complexity index is 501. The molecule has 2 rings (SSSR count). The predicted octanol–water partition coefficient (Wildman–Crippen LogP) is 0.832. The first-order valence-electron chi connectivity index (χ1n) is 5.94. The van der Waals surface area contributed by atoms with Crippen LogP contribution in [0.1, 0.15) is 5.56 Å². The minimum Gasteiger partial charge on any atom is -0.397 e. The lowest BCUT2D eigenvalue weighted by atomic mass is 10.2. The van der Waals surface area contributed by atoms with E-state index >= 15 is 0 Å². The maximum atomic E-state index is 12.1. The summed E-state index contributed by atoms with van der Waals surface area (Å²) in [6.07, 6.45) is 1.73. The molecule has 1 aromatic rings. The fourth-order valence-electron chi connectivity index (χ4n) is 2.07. The van der Waals surface area contributed by atoms with Crippen LogP contribution in [0, 0.1) is 6.92 Å². The van der Waals surface area contributed by atoms with Gasteiger partial charge in [0.1, 0.15) is 0 Å². The summed E-state index contributed by atoms with van der Waals surface area (Å²) in [4.78, 5) is 14.3. The fraction of sp³-hybridized carbons (Fsp3) is 0.583. The Balaban J connectivity index is 2.21. The van der Waals surface area contributed by atoms with Crippen molar-refractivity contribution in [3.63, 3.8) is 0 Å². The molecule has 1 fully saturated rings. The molecule has 1 aliphatic rings. The molecule has 0 aromatic carbocycles. The molecule has 2 N–H and O–H groups in total. The van der Waals surface area contributed by atoms with Crippen molar-refractivity contribution in [3.05, 3.63) is 26.6 Å². The summed E-state index contributed by atoms with van der Waals surface area (Å²) < 4.78 is 7.81. The van der Waals surface area contributed by atoms with Crippen LogP contribution in [0.5, 0.6) is 0 Å². The first-order chi connectivity index (χ1) is 8.49. The van der Waals surface area contributed by atoms with Gasteiger partial charge in [0, 0.05) is 19.3 Å². The molecule has 1 aliphatic heterocycles. The first kappa shape index (κ1) is 13.6. The van der Waals surface area contributed by atoms with Gasteiger partial charge in [-0.3, -0.25) is 4.79 Å². The van der Waals surface area contributed by atoms with Gasteiger partial charge >= 0.3 is 0 Å². The van der Waals surface area contributed by atoms with E-state index in [1.54, 1.807) is 10.8 Å². The van der Waals surface area contributed by atoms with Crippen LogP contribution in [0.15, 0.2) is 15.5 Å². The van der Waals surface area contributed by atoms with Gasteiger partial charge in [0.05, 0.1) is 29.4 Å². The topological polar surface area (TPSA) is 60.5 Å². The zero-order chi connectivity index (χ0) is 13.3. The number of nitrogens with two attached hydrogens (primary N) is 1. The molecule has 0 bridgehead atoms. The number of anilines is 1. The quantitative estimate of drug-likeness (QED) is 0.878. The van der Waals surface area contributed by atoms with E-state index in [4.69, 9.17) is 10.5 Å². The molecule has 0 amide bonds. The van der Waals surface area contributed by atoms with Crippen LogP contribution in [0.25, 0.3) is 0 Å². The van der Waals surface area contributed by atoms with Crippen molar-refractivity contribution in [2.45, 2.75) is 19.6 Å². The minimum atomic E-state index is -0.0569. The average Bonchev–Trinajstić information content (AvgIpc) is 2.33. The van der Waals surface area contributed by atoms with Gasteiger partial charge in [-0.25, -0.2) is 0 Å². The SMILES string of the molecule is Cc1c(N)cn(CC2CN(C)CCO2)c(=O)c1Br. The van der Waals surface area contributed by atoms with E-state index in [9.17, 15) is 4.79 Å². The Morgan fingerprint density at radius 3 is 3.00 bits per heavy atom. The summed E-state index contributed by atoms with van der Waals surface area (Å²) in [5.41, 5.74) is 7.23. The highest BCUT2D eigenvalue weighted by molar-refractivity contribution is 9.10. The molecule has 6 heteroatoms. The van der Waals surface area contributed by atoms with E-state index in [1.165, 1.54) is 0 Å². The van der Waals surface area contributed by atoms with E-state index in [-0.39, 0.29) is 11.7 Å². The number of morpholine rings is 1. The zero-order valence-corrected chi connectivity index (χ0v) is 12.2. The molecule has 1 atom stereocenters. The number of nitrogen functional groups attached to an aromatic ring is 1. The van der Waals surface area contributed by atoms with Crippen molar-refractivity contribution in [2.24, 2.45) is 0 Å². The third-order valence-electron chi connectivity index (χ3n) is 3.25. The van der Waals surface area contributed by atoms with Gasteiger partial charge in [0.2, 0.25) is 0 Å². The second-order valence-electron chi connectivity index (χ2n) is 4.74. The molecular formula is C12H18BrN3O2. The minimum absolute atomic E-state index is 0.0375. The molecule has 0 saturated carbocycles. The van der Waals surface area contributed by atoms with Gasteiger partial charge < -0.3 is 19.9 Å². The maximum Gasteiger partial charge on any atom is 0.265 e. The number of rotatable bonds is 2. The average molecular weight is 316 g/mol. The second kappa shape index (κ2) is 5.42. The molecule has 1 unspecified atom stereocenters. The second-order valence-corrected chi connectivity index (χ2v) is 5.53. The lowest BCUT2D eigenvalue weighted by Gasteiger charge is -2.30. The highest BCUT2D eigenvalue weighted by Crippen LogP contribution is 2.17. The molecule has 0 aliphatic carbocycles. The van der Waals surface area contributed by atoms with Crippen LogP contribution in [-0.4, -0.2) is 42.3 Å². The molecule has 5 nitrogen and oxygen atoms in total. The number of nitrogens with zero attached hydrogens (tertiary/aromatic N) is 2. The maximum absolute atomic E-state index is 12.1. The molecule has 1 saturated heterocycles. The van der Waals surface area contributed by atoms with Gasteiger partial charge in [-0.2, -0.15) is 0 Å². The Kier molecular flexibility index (Phi) is 4.09. The van der Waals surface area contributed by atoms with Gasteiger partial charge in [-0.1, -0.05) is 0 Å². The summed E-state index contributed by atoms with van der Waals surface area (Å²) >= 11 is 3.29. The molecule has 0 radical (unpaired) electrons. The number of ether oxygens (including phenoxy) is 1. The van der Waals surface area contributed by atoms with E-state index in [2.05, 4.69) is 27.9 Å². The molecule has 1 aromatic heterocycles. The molecule has 18 heavy (non-hydrogen) atoms. The Labute approximate surface area is 115 Å². The van der Waals surface area contributed by atoms with E-state index < -0.39 is 0 Å². The lowest BCUT2D eigenvalue weighted by molar-refractivity contribution is -0.0279. The van der Waals surface area contributed by atoms with Crippen molar-refractivity contribution in [2.75, 3.05) is 32.5 Å². The third kappa shape index (κ3) is 2.76. The van der Waals surface area contributed by atoms with Crippen molar-refractivity contribution in [1.29, 1.82) is 0 Å². The Morgan fingerprint density at radius 1 is 1.61 bits per heavy atom. The van der Waals surface area contributed by atoms with Crippen LogP contribution in [-0.2, 0) is 11.3 Å². The monoisotopic (exact) mass is 315 g/mol. The van der Waals surface area contributed by atoms with E-state index in [0.29, 0.717) is 23.3 Å². The van der Waals surface area contributed by atoms with Gasteiger partial charge in [0.15, 0.2) is 0 Å². The molecule has 100 valence electrons. The van der Waals surface area contributed by atoms with Crippen molar-refractivity contribution >= 4 is 21.6 Å². The summed E-state index contributed by atoms with van der Waals surface area (Å²) in [5.74, 6) is 0. The third-order valence-corrected chi connectivity index (χ3v) is 4.18. The summed E-state index contributed by atoms with van der Waals surface area (Å²) in [7, 11) is 2.05. The fourth-order valence-corrected chi connectivity index (χ4v) is 2.53. The van der Waals surface area contributed by atoms with Gasteiger partial charge in [-0.15, -0.1) is 0 Å². The number of likely N-dealkylation sites (N-methyl/N-ethyl adjacent to an activating group) is 1. The zero-order valence-electron chi connectivity index (χ0n) is 10.6. The molecule has 2 heterocycles. The summed E-state index contributed by atoms with van der Waals surface area (Å²) in [6, 6.07) is 0. The Morgan fingerprint density at radius 2 is 2.33 bits per heavy atom. The van der Waals surface area contributed by atoms with Crippen LogP contribution in [0.4, 0.5) is 5.69 Å². The summed E-state index contributed by atoms with van der Waals surface area (Å²) in [6.45, 7) is 4.84. The first-order valence-corrected chi connectivity index (χ1v) is 6.73. The van der Waals surface area contributed by atoms with Gasteiger partial charge in [-0.05, 0) is 35.5 Å². The number of hydrogen-bond donors (Lipinski definition) is 1. The molecular weight excluding hydrogens is 298 g/mol. The standard InChI is InChI=1S/C12H18BrN3O2/c1-8-10(14)7-16(12(17)11(8)13)6-9-5-15(2)3-4-18-9/h7,9H,3-6,14H2,1-2H3. The van der Waals surface area contributed by atoms with Crippen molar-refractivity contribution in [3.8, 4) is 0 Å². The van der Waals surface area contributed by atoms with E-state index in [0.717, 1.165) is 18.7 Å². The van der Waals surface area contributed by atoms with Crippen molar-refractivity contribution < 1.29 is 4.74 Å². The van der Waals surface area contributed by atoms with Gasteiger partial charge in [0.25, 0.3) is 5.56 Å². The van der Waals surface area contributed by atoms with Crippen LogP contribution >= 0.6 is 15.9 Å². The predicted molar refractivity (Wildman–Crippen MR) is 74.8 cm³/mol. The number of halogens is 1. The van der Waals surface area contributed by atoms with Crippen molar-refractivity contribution in [1.82, 2.24) is 9.47 Å². The van der Waals surface area contributed by atoms with Crippen LogP contribution in [0.3, 0.4) is 0 Å². The highest BCUT2D eigenvalue weighted by atomic mass is 79.9.